The fourth-order valence-electron chi connectivity index (χ4n) is 5.35. The molecule has 2 aromatic carbocycles. The van der Waals surface area contributed by atoms with E-state index in [1.807, 2.05) is 0 Å². The molecule has 3 N–H and O–H groups in total. The maximum atomic E-state index is 13.7. The molecule has 0 spiro atoms. The van der Waals surface area contributed by atoms with Gasteiger partial charge in [0.05, 0.1) is 12.0 Å². The van der Waals surface area contributed by atoms with Gasteiger partial charge in [-0.1, -0.05) is 12.8 Å². The number of anilines is 1. The standard InChI is InChI=1S/C29H30ClF2N4O7P/c30-29-34-26(33-19-3-1-2-4-19)22-13-14-36(27(22)35-29)28-25(38)24(37)23(41-28)15-40-16-44(39,42-20-9-5-17(31)6-10-20)43-21-11-7-18(32)8-12-21/h5-14,19,23-25,28,37-38H,1-4,15-16H2,(H,33,34,35)/t23-,24-,25-,28-/m1/s1. The van der Waals surface area contributed by atoms with Crippen molar-refractivity contribution in [2.75, 3.05) is 18.3 Å². The van der Waals surface area contributed by atoms with Gasteiger partial charge in [-0.2, -0.15) is 4.98 Å². The van der Waals surface area contributed by atoms with Crippen LogP contribution in [0.1, 0.15) is 31.9 Å². The summed E-state index contributed by atoms with van der Waals surface area (Å²) in [5.74, 6) is -0.357. The van der Waals surface area contributed by atoms with Gasteiger partial charge in [0, 0.05) is 12.2 Å². The van der Waals surface area contributed by atoms with Gasteiger partial charge in [0.15, 0.2) is 12.6 Å². The summed E-state index contributed by atoms with van der Waals surface area (Å²) >= 11 is 6.25. The van der Waals surface area contributed by atoms with Gasteiger partial charge < -0.3 is 38.6 Å². The number of benzene rings is 2. The van der Waals surface area contributed by atoms with Gasteiger partial charge in [0.25, 0.3) is 0 Å². The van der Waals surface area contributed by atoms with Gasteiger partial charge in [-0.3, -0.25) is 0 Å². The fourth-order valence-corrected chi connectivity index (χ4v) is 6.87. The predicted molar refractivity (Wildman–Crippen MR) is 157 cm³/mol. The Balaban J connectivity index is 1.15. The summed E-state index contributed by atoms with van der Waals surface area (Å²) in [5, 5.41) is 25.9. The van der Waals surface area contributed by atoms with Crippen molar-refractivity contribution in [3.05, 3.63) is 77.7 Å². The number of fused-ring (bicyclic) bond motifs is 1. The van der Waals surface area contributed by atoms with Crippen LogP contribution in [0.3, 0.4) is 0 Å². The molecule has 2 fully saturated rings. The van der Waals surface area contributed by atoms with Crippen LogP contribution in [0.2, 0.25) is 5.28 Å². The number of hydrogen-bond donors (Lipinski definition) is 3. The normalized spacial score (nSPS) is 22.5. The molecular formula is C29H30ClF2N4O7P. The molecule has 4 aromatic rings. The van der Waals surface area contributed by atoms with Crippen LogP contribution in [0, 0.1) is 11.6 Å². The Bertz CT molecular complexity index is 1590. The number of nitrogens with zero attached hydrogens (tertiary/aromatic N) is 3. The van der Waals surface area contributed by atoms with Gasteiger partial charge in [-0.15, -0.1) is 0 Å². The summed E-state index contributed by atoms with van der Waals surface area (Å²) in [7, 11) is -4.12. The monoisotopic (exact) mass is 650 g/mol. The first-order valence-electron chi connectivity index (χ1n) is 14.1. The Kier molecular flexibility index (Phi) is 9.04. The van der Waals surface area contributed by atoms with E-state index in [-0.39, 0.29) is 29.4 Å². The number of hydrogen-bond acceptors (Lipinski definition) is 10. The van der Waals surface area contributed by atoms with E-state index >= 15 is 0 Å². The van der Waals surface area contributed by atoms with E-state index < -0.39 is 50.1 Å². The van der Waals surface area contributed by atoms with Gasteiger partial charge in [-0.25, -0.2) is 18.3 Å². The molecule has 0 bridgehead atoms. The van der Waals surface area contributed by atoms with Crippen LogP contribution in [0.25, 0.3) is 11.0 Å². The number of aliphatic hydroxyl groups is 2. The first-order chi connectivity index (χ1) is 21.2. The van der Waals surface area contributed by atoms with Crippen LogP contribution in [-0.2, 0) is 14.0 Å². The third-order valence-corrected chi connectivity index (χ3v) is 9.15. The quantitative estimate of drug-likeness (QED) is 0.138. The highest BCUT2D eigenvalue weighted by molar-refractivity contribution is 7.54. The lowest BCUT2D eigenvalue weighted by atomic mass is 10.1. The van der Waals surface area contributed by atoms with Crippen molar-refractivity contribution in [1.82, 2.24) is 14.5 Å². The van der Waals surface area contributed by atoms with Gasteiger partial charge >= 0.3 is 7.60 Å². The molecule has 2 aromatic heterocycles. The van der Waals surface area contributed by atoms with E-state index in [9.17, 15) is 23.6 Å². The minimum absolute atomic E-state index is 0.0175. The molecule has 1 saturated heterocycles. The summed E-state index contributed by atoms with van der Waals surface area (Å²) in [6, 6.07) is 11.6. The minimum Gasteiger partial charge on any atom is -0.415 e. The molecule has 234 valence electrons. The summed E-state index contributed by atoms with van der Waals surface area (Å²) in [4.78, 5) is 8.70. The van der Waals surface area contributed by atoms with E-state index in [2.05, 4.69) is 15.3 Å². The average molecular weight is 651 g/mol. The number of nitrogens with one attached hydrogen (secondary N) is 1. The number of aliphatic hydroxyl groups excluding tert-OH is 2. The highest BCUT2D eigenvalue weighted by atomic mass is 35.5. The van der Waals surface area contributed by atoms with Crippen molar-refractivity contribution in [2.45, 2.75) is 56.3 Å². The van der Waals surface area contributed by atoms with Crippen LogP contribution in [0.5, 0.6) is 11.5 Å². The average Bonchev–Trinajstić information content (AvgIpc) is 3.72. The second kappa shape index (κ2) is 13.0. The van der Waals surface area contributed by atoms with Crippen molar-refractivity contribution in [2.24, 2.45) is 0 Å². The molecule has 4 atom stereocenters. The lowest BCUT2D eigenvalue weighted by Gasteiger charge is -2.21. The largest absolute Gasteiger partial charge is 0.456 e. The van der Waals surface area contributed by atoms with Crippen LogP contribution >= 0.6 is 19.2 Å². The number of rotatable bonds is 11. The van der Waals surface area contributed by atoms with Crippen LogP contribution in [-0.4, -0.2) is 62.1 Å². The van der Waals surface area contributed by atoms with Gasteiger partial charge in [0.2, 0.25) is 5.28 Å². The number of halogens is 3. The third kappa shape index (κ3) is 6.83. The zero-order chi connectivity index (χ0) is 30.8. The van der Waals surface area contributed by atoms with Crippen LogP contribution < -0.4 is 14.4 Å². The Hall–Kier alpha value is -3.32. The summed E-state index contributed by atoms with van der Waals surface area (Å²) in [5.41, 5.74) is 0.410. The van der Waals surface area contributed by atoms with E-state index in [4.69, 9.17) is 30.1 Å². The first kappa shape index (κ1) is 30.7. The SMILES string of the molecule is O=P(COC[C@H]1O[C@@H](n2ccc3c(NC4CCCC4)nc(Cl)nc32)[C@H](O)[C@@H]1O)(Oc1ccc(F)cc1)Oc1ccc(F)cc1. The van der Waals surface area contributed by atoms with Crippen LogP contribution in [0.15, 0.2) is 60.8 Å². The third-order valence-electron chi connectivity index (χ3n) is 7.50. The molecule has 0 radical (unpaired) electrons. The predicted octanol–water partition coefficient (Wildman–Crippen LogP) is 5.66. The molecule has 0 amide bonds. The minimum atomic E-state index is -4.12. The van der Waals surface area contributed by atoms with Crippen molar-refractivity contribution in [3.8, 4) is 11.5 Å². The van der Waals surface area contributed by atoms with Crippen molar-refractivity contribution in [3.63, 3.8) is 0 Å². The zero-order valence-electron chi connectivity index (χ0n) is 23.3. The topological polar surface area (TPSA) is 137 Å². The van der Waals surface area contributed by atoms with E-state index in [0.717, 1.165) is 49.9 Å². The van der Waals surface area contributed by atoms with Crippen molar-refractivity contribution < 1.29 is 42.1 Å². The molecule has 0 unspecified atom stereocenters. The van der Waals surface area contributed by atoms with Crippen molar-refractivity contribution in [1.29, 1.82) is 0 Å². The van der Waals surface area contributed by atoms with Crippen LogP contribution in [0.4, 0.5) is 14.6 Å². The molecule has 15 heteroatoms. The highest BCUT2D eigenvalue weighted by Gasteiger charge is 2.45. The molecule has 3 heterocycles. The molecule has 44 heavy (non-hydrogen) atoms. The number of ether oxygens (including phenoxy) is 2. The molecular weight excluding hydrogens is 621 g/mol. The second-order valence-electron chi connectivity index (χ2n) is 10.7. The Labute approximate surface area is 256 Å². The van der Waals surface area contributed by atoms with E-state index in [1.54, 1.807) is 16.8 Å². The molecule has 1 saturated carbocycles. The Morgan fingerprint density at radius 3 is 2.18 bits per heavy atom. The molecule has 11 nitrogen and oxygen atoms in total. The summed E-state index contributed by atoms with van der Waals surface area (Å²) in [6.07, 6.45) is 0.564. The molecule has 1 aliphatic carbocycles. The lowest BCUT2D eigenvalue weighted by molar-refractivity contribution is -0.0609. The molecule has 2 aliphatic rings. The van der Waals surface area contributed by atoms with E-state index in [0.29, 0.717) is 16.9 Å². The zero-order valence-corrected chi connectivity index (χ0v) is 24.9. The Morgan fingerprint density at radius 2 is 1.57 bits per heavy atom. The first-order valence-corrected chi connectivity index (χ1v) is 16.2. The molecule has 1 aliphatic heterocycles. The van der Waals surface area contributed by atoms with Gasteiger partial charge in [0.1, 0.15) is 52.9 Å². The van der Waals surface area contributed by atoms with Crippen molar-refractivity contribution >= 4 is 36.0 Å². The summed E-state index contributed by atoms with van der Waals surface area (Å²) in [6.45, 7) is -0.304. The van der Waals surface area contributed by atoms with E-state index in [1.165, 1.54) is 24.3 Å². The fraction of sp³-hybridized carbons (Fsp3) is 0.379. The van der Waals surface area contributed by atoms with Gasteiger partial charge in [-0.05, 0) is 79.0 Å². The smallest absolute Gasteiger partial charge is 0.415 e. The number of aromatic nitrogens is 3. The maximum absolute atomic E-state index is 13.7. The highest BCUT2D eigenvalue weighted by Crippen LogP contribution is 2.49. The Morgan fingerprint density at radius 1 is 0.955 bits per heavy atom. The lowest BCUT2D eigenvalue weighted by Crippen LogP contribution is -2.34. The molecule has 6 rings (SSSR count). The summed E-state index contributed by atoms with van der Waals surface area (Å²) < 4.78 is 64.8. The second-order valence-corrected chi connectivity index (χ2v) is 12.9. The maximum Gasteiger partial charge on any atom is 0.456 e.